The summed E-state index contributed by atoms with van der Waals surface area (Å²) in [7, 11) is 0. The van der Waals surface area contributed by atoms with Crippen LogP contribution >= 0.6 is 11.3 Å². The number of nitrogens with one attached hydrogen (secondary N) is 2. The number of amides is 2. The summed E-state index contributed by atoms with van der Waals surface area (Å²) in [5.74, 6) is -2.28. The minimum absolute atomic E-state index is 0.117. The summed E-state index contributed by atoms with van der Waals surface area (Å²) in [6.07, 6.45) is 4.01. The van der Waals surface area contributed by atoms with E-state index in [-0.39, 0.29) is 34.7 Å². The van der Waals surface area contributed by atoms with Crippen molar-refractivity contribution in [3.05, 3.63) is 51.7 Å². The third-order valence-electron chi connectivity index (χ3n) is 4.87. The number of thiophene rings is 1. The number of anilines is 1. The molecular weight excluding hydrogens is 395 g/mol. The van der Waals surface area contributed by atoms with Crippen LogP contribution in [-0.2, 0) is 4.74 Å². The van der Waals surface area contributed by atoms with E-state index < -0.39 is 17.7 Å². The van der Waals surface area contributed by atoms with Crippen molar-refractivity contribution in [1.82, 2.24) is 5.32 Å². The molecule has 1 aromatic heterocycles. The molecule has 0 saturated heterocycles. The monoisotopic (exact) mass is 418 g/mol. The fourth-order valence-corrected chi connectivity index (χ4v) is 4.50. The van der Waals surface area contributed by atoms with Crippen LogP contribution in [0.25, 0.3) is 0 Å². The van der Waals surface area contributed by atoms with E-state index in [1.54, 1.807) is 19.9 Å². The van der Waals surface area contributed by atoms with Crippen LogP contribution in [0.5, 0.6) is 0 Å². The SMILES string of the molecule is CCOC(=O)c1c(NC(=O)c2ccccc2F)sc(C(=O)NC2CCCC2)c1C. The van der Waals surface area contributed by atoms with Crippen LogP contribution in [0.3, 0.4) is 0 Å². The summed E-state index contributed by atoms with van der Waals surface area (Å²) in [5.41, 5.74) is 0.413. The summed E-state index contributed by atoms with van der Waals surface area (Å²) < 4.78 is 19.0. The van der Waals surface area contributed by atoms with E-state index in [0.717, 1.165) is 37.0 Å². The zero-order chi connectivity index (χ0) is 21.0. The average Bonchev–Trinajstić information content (AvgIpc) is 3.30. The normalized spacial score (nSPS) is 13.9. The largest absolute Gasteiger partial charge is 0.462 e. The molecule has 2 N–H and O–H groups in total. The molecule has 1 aromatic carbocycles. The second kappa shape index (κ2) is 9.17. The van der Waals surface area contributed by atoms with Gasteiger partial charge in [0.2, 0.25) is 0 Å². The van der Waals surface area contributed by atoms with Gasteiger partial charge in [0, 0.05) is 6.04 Å². The van der Waals surface area contributed by atoms with Crippen molar-refractivity contribution < 1.29 is 23.5 Å². The fraction of sp³-hybridized carbons (Fsp3) is 0.381. The van der Waals surface area contributed by atoms with Gasteiger partial charge in [-0.15, -0.1) is 11.3 Å². The maximum absolute atomic E-state index is 13.9. The Morgan fingerprint density at radius 2 is 1.86 bits per heavy atom. The van der Waals surface area contributed by atoms with Gasteiger partial charge in [0.25, 0.3) is 11.8 Å². The zero-order valence-corrected chi connectivity index (χ0v) is 17.2. The molecule has 1 aliphatic rings. The standard InChI is InChI=1S/C21H23FN2O4S/c1-3-28-21(27)16-12(2)17(19(26)23-13-8-4-5-9-13)29-20(16)24-18(25)14-10-6-7-11-15(14)22/h6-7,10-11,13H,3-5,8-9H2,1-2H3,(H,23,26)(H,24,25). The highest BCUT2D eigenvalue weighted by Gasteiger charge is 2.28. The third kappa shape index (κ3) is 4.64. The van der Waals surface area contributed by atoms with Crippen molar-refractivity contribution >= 4 is 34.1 Å². The van der Waals surface area contributed by atoms with Gasteiger partial charge in [0.1, 0.15) is 10.8 Å². The lowest BCUT2D eigenvalue weighted by molar-refractivity contribution is 0.0527. The van der Waals surface area contributed by atoms with Crippen LogP contribution in [-0.4, -0.2) is 30.4 Å². The minimum atomic E-state index is -0.697. The summed E-state index contributed by atoms with van der Waals surface area (Å²) in [5, 5.41) is 5.74. The first-order chi connectivity index (χ1) is 13.9. The van der Waals surface area contributed by atoms with E-state index in [1.807, 2.05) is 0 Å². The summed E-state index contributed by atoms with van der Waals surface area (Å²) in [4.78, 5) is 38.1. The Labute approximate surface area is 172 Å². The maximum atomic E-state index is 13.9. The Hall–Kier alpha value is -2.74. The smallest absolute Gasteiger partial charge is 0.341 e. The Bertz CT molecular complexity index is 935. The molecule has 8 heteroatoms. The number of carbonyl (C=O) groups excluding carboxylic acids is 3. The molecule has 3 rings (SSSR count). The highest BCUT2D eigenvalue weighted by molar-refractivity contribution is 7.18. The van der Waals surface area contributed by atoms with E-state index in [1.165, 1.54) is 18.2 Å². The molecular formula is C21H23FN2O4S. The molecule has 154 valence electrons. The quantitative estimate of drug-likeness (QED) is 0.685. The Morgan fingerprint density at radius 1 is 1.17 bits per heavy atom. The second-order valence-electron chi connectivity index (χ2n) is 6.87. The zero-order valence-electron chi connectivity index (χ0n) is 16.3. The molecule has 1 saturated carbocycles. The predicted octanol–water partition coefficient (Wildman–Crippen LogP) is 4.30. The van der Waals surface area contributed by atoms with Gasteiger partial charge in [-0.3, -0.25) is 9.59 Å². The van der Waals surface area contributed by atoms with Crippen LogP contribution in [0.1, 0.15) is 68.6 Å². The molecule has 2 aromatic rings. The molecule has 1 aliphatic carbocycles. The van der Waals surface area contributed by atoms with Gasteiger partial charge in [0.15, 0.2) is 0 Å². The second-order valence-corrected chi connectivity index (χ2v) is 7.89. The summed E-state index contributed by atoms with van der Waals surface area (Å²) >= 11 is 0.993. The number of benzene rings is 1. The van der Waals surface area contributed by atoms with Gasteiger partial charge < -0.3 is 15.4 Å². The lowest BCUT2D eigenvalue weighted by atomic mass is 10.1. The summed E-state index contributed by atoms with van der Waals surface area (Å²) in [6.45, 7) is 3.47. The summed E-state index contributed by atoms with van der Waals surface area (Å²) in [6, 6.07) is 5.68. The van der Waals surface area contributed by atoms with Gasteiger partial charge in [-0.1, -0.05) is 25.0 Å². The van der Waals surface area contributed by atoms with Crippen LogP contribution in [0.2, 0.25) is 0 Å². The van der Waals surface area contributed by atoms with Gasteiger partial charge in [-0.25, -0.2) is 9.18 Å². The molecule has 0 radical (unpaired) electrons. The van der Waals surface area contributed by atoms with E-state index in [9.17, 15) is 18.8 Å². The van der Waals surface area contributed by atoms with Crippen LogP contribution < -0.4 is 10.6 Å². The van der Waals surface area contributed by atoms with Gasteiger partial charge in [-0.05, 0) is 44.4 Å². The number of esters is 1. The molecule has 29 heavy (non-hydrogen) atoms. The molecule has 0 atom stereocenters. The highest BCUT2D eigenvalue weighted by Crippen LogP contribution is 2.34. The van der Waals surface area contributed by atoms with E-state index in [4.69, 9.17) is 4.74 Å². The highest BCUT2D eigenvalue weighted by atomic mass is 32.1. The minimum Gasteiger partial charge on any atom is -0.462 e. The van der Waals surface area contributed by atoms with E-state index in [0.29, 0.717) is 10.4 Å². The number of ether oxygens (including phenoxy) is 1. The van der Waals surface area contributed by atoms with Gasteiger partial charge >= 0.3 is 5.97 Å². The van der Waals surface area contributed by atoms with E-state index >= 15 is 0 Å². The first kappa shape index (κ1) is 21.0. The van der Waals surface area contributed by atoms with Crippen LogP contribution in [0, 0.1) is 12.7 Å². The number of hydrogen-bond donors (Lipinski definition) is 2. The van der Waals surface area contributed by atoms with Crippen molar-refractivity contribution in [2.45, 2.75) is 45.6 Å². The molecule has 1 heterocycles. The average molecular weight is 418 g/mol. The molecule has 0 unspecified atom stereocenters. The van der Waals surface area contributed by atoms with Crippen molar-refractivity contribution in [3.8, 4) is 0 Å². The third-order valence-corrected chi connectivity index (χ3v) is 6.07. The number of rotatable bonds is 6. The molecule has 1 fully saturated rings. The van der Waals surface area contributed by atoms with Crippen molar-refractivity contribution in [1.29, 1.82) is 0 Å². The predicted molar refractivity (Wildman–Crippen MR) is 109 cm³/mol. The Kier molecular flexibility index (Phi) is 6.64. The molecule has 0 bridgehead atoms. The Morgan fingerprint density at radius 3 is 2.52 bits per heavy atom. The van der Waals surface area contributed by atoms with Gasteiger partial charge in [0.05, 0.1) is 22.6 Å². The number of carbonyl (C=O) groups is 3. The van der Waals surface area contributed by atoms with E-state index in [2.05, 4.69) is 10.6 Å². The van der Waals surface area contributed by atoms with Gasteiger partial charge in [-0.2, -0.15) is 0 Å². The molecule has 0 spiro atoms. The van der Waals surface area contributed by atoms with Crippen LogP contribution in [0.15, 0.2) is 24.3 Å². The molecule has 2 amide bonds. The lowest BCUT2D eigenvalue weighted by Crippen LogP contribution is -2.32. The first-order valence-electron chi connectivity index (χ1n) is 9.59. The topological polar surface area (TPSA) is 84.5 Å². The number of halogens is 1. The first-order valence-corrected chi connectivity index (χ1v) is 10.4. The number of hydrogen-bond acceptors (Lipinski definition) is 5. The van der Waals surface area contributed by atoms with Crippen molar-refractivity contribution in [2.24, 2.45) is 0 Å². The van der Waals surface area contributed by atoms with Crippen LogP contribution in [0.4, 0.5) is 9.39 Å². The lowest BCUT2D eigenvalue weighted by Gasteiger charge is -2.11. The fourth-order valence-electron chi connectivity index (χ4n) is 3.40. The molecule has 0 aliphatic heterocycles. The molecule has 6 nitrogen and oxygen atoms in total. The van der Waals surface area contributed by atoms with Crippen molar-refractivity contribution in [3.63, 3.8) is 0 Å². The Balaban J connectivity index is 1.91. The maximum Gasteiger partial charge on any atom is 0.341 e. The van der Waals surface area contributed by atoms with Crippen molar-refractivity contribution in [2.75, 3.05) is 11.9 Å².